The van der Waals surface area contributed by atoms with Crippen LogP contribution in [0.2, 0.25) is 0 Å². The van der Waals surface area contributed by atoms with Gasteiger partial charge in [-0.25, -0.2) is 9.59 Å². The van der Waals surface area contributed by atoms with Crippen LogP contribution < -0.4 is 10.6 Å². The lowest BCUT2D eigenvalue weighted by Gasteiger charge is -2.26. The first-order chi connectivity index (χ1) is 8.65. The van der Waals surface area contributed by atoms with E-state index in [0.717, 1.165) is 0 Å². The fraction of sp³-hybridized carbons (Fsp3) is 0.538. The van der Waals surface area contributed by atoms with Crippen LogP contribution in [-0.4, -0.2) is 29.2 Å². The van der Waals surface area contributed by atoms with Crippen molar-refractivity contribution < 1.29 is 14.7 Å². The molecule has 0 aliphatic heterocycles. The Morgan fingerprint density at radius 1 is 1.32 bits per heavy atom. The van der Waals surface area contributed by atoms with Gasteiger partial charge in [-0.3, -0.25) is 0 Å². The summed E-state index contributed by atoms with van der Waals surface area (Å²) in [5.41, 5.74) is -1.46. The molecular formula is C13H20N2O3S. The van der Waals surface area contributed by atoms with E-state index in [1.165, 1.54) is 18.7 Å². The molecule has 0 spiro atoms. The lowest BCUT2D eigenvalue weighted by Crippen LogP contribution is -2.54. The van der Waals surface area contributed by atoms with Gasteiger partial charge in [0.05, 0.1) is 0 Å². The molecule has 0 bridgehead atoms. The second kappa shape index (κ2) is 5.61. The van der Waals surface area contributed by atoms with E-state index in [9.17, 15) is 9.59 Å². The number of carboxylic acid groups (broad SMARTS) is 1. The summed E-state index contributed by atoms with van der Waals surface area (Å²) in [5.74, 6) is -1.07. The maximum atomic E-state index is 11.7. The summed E-state index contributed by atoms with van der Waals surface area (Å²) in [7, 11) is 0. The van der Waals surface area contributed by atoms with E-state index in [1.54, 1.807) is 11.3 Å². The molecule has 1 rings (SSSR count). The molecule has 0 saturated carbocycles. The molecule has 5 nitrogen and oxygen atoms in total. The van der Waals surface area contributed by atoms with Crippen molar-refractivity contribution in [1.82, 2.24) is 10.6 Å². The molecule has 0 aliphatic rings. The highest BCUT2D eigenvalue weighted by molar-refractivity contribution is 7.10. The summed E-state index contributed by atoms with van der Waals surface area (Å²) in [6.07, 6.45) is 0. The summed E-state index contributed by atoms with van der Waals surface area (Å²) in [6.45, 7) is 7.39. The molecule has 3 N–H and O–H groups in total. The Bertz CT molecular complexity index is 452. The Kier molecular flexibility index (Phi) is 4.57. The fourth-order valence-electron chi connectivity index (χ4n) is 1.43. The predicted molar refractivity (Wildman–Crippen MR) is 75.6 cm³/mol. The first-order valence-electron chi connectivity index (χ1n) is 5.98. The van der Waals surface area contributed by atoms with Crippen molar-refractivity contribution in [3.63, 3.8) is 0 Å². The van der Waals surface area contributed by atoms with Crippen LogP contribution >= 0.6 is 11.3 Å². The van der Waals surface area contributed by atoms with Gasteiger partial charge in [-0.05, 0) is 25.3 Å². The van der Waals surface area contributed by atoms with Gasteiger partial charge in [0.15, 0.2) is 0 Å². The first kappa shape index (κ1) is 15.5. The smallest absolute Gasteiger partial charge is 0.328 e. The highest BCUT2D eigenvalue weighted by Gasteiger charge is 2.30. The van der Waals surface area contributed by atoms with Gasteiger partial charge >= 0.3 is 12.0 Å². The number of nitrogens with one attached hydrogen (secondary N) is 2. The standard InChI is InChI=1S/C13H20N2O3S/c1-12(2,9-6-5-7-19-9)8-14-11(18)15-13(3,4)10(16)17/h5-7H,8H2,1-4H3,(H,16,17)(H2,14,15,18). The highest BCUT2D eigenvalue weighted by Crippen LogP contribution is 2.26. The quantitative estimate of drug-likeness (QED) is 0.775. The number of amides is 2. The Balaban J connectivity index is 2.53. The van der Waals surface area contributed by atoms with Crippen LogP contribution in [0, 0.1) is 0 Å². The van der Waals surface area contributed by atoms with Crippen LogP contribution in [-0.2, 0) is 10.2 Å². The van der Waals surface area contributed by atoms with Crippen molar-refractivity contribution in [3.05, 3.63) is 22.4 Å². The monoisotopic (exact) mass is 284 g/mol. The van der Waals surface area contributed by atoms with Crippen LogP contribution in [0.15, 0.2) is 17.5 Å². The molecule has 0 atom stereocenters. The molecule has 0 unspecified atom stereocenters. The van der Waals surface area contributed by atoms with Gasteiger partial charge in [-0.1, -0.05) is 19.9 Å². The minimum Gasteiger partial charge on any atom is -0.480 e. The second-order valence-corrected chi connectivity index (χ2v) is 6.55. The van der Waals surface area contributed by atoms with Crippen molar-refractivity contribution in [2.24, 2.45) is 0 Å². The Hall–Kier alpha value is -1.56. The zero-order valence-electron chi connectivity index (χ0n) is 11.6. The molecule has 0 fully saturated rings. The summed E-state index contributed by atoms with van der Waals surface area (Å²) in [5, 5.41) is 16.1. The topological polar surface area (TPSA) is 78.4 Å². The van der Waals surface area contributed by atoms with Gasteiger partial charge in [-0.15, -0.1) is 11.3 Å². The average Bonchev–Trinajstić information content (AvgIpc) is 2.79. The normalized spacial score (nSPS) is 12.0. The summed E-state index contributed by atoms with van der Waals surface area (Å²) >= 11 is 1.63. The summed E-state index contributed by atoms with van der Waals surface area (Å²) in [4.78, 5) is 23.8. The van der Waals surface area contributed by atoms with Gasteiger partial charge in [0.25, 0.3) is 0 Å². The van der Waals surface area contributed by atoms with E-state index in [-0.39, 0.29) is 5.41 Å². The lowest BCUT2D eigenvalue weighted by atomic mass is 9.91. The molecule has 6 heteroatoms. The minimum atomic E-state index is -1.28. The van der Waals surface area contributed by atoms with Gasteiger partial charge in [0.2, 0.25) is 0 Å². The Labute approximate surface area is 117 Å². The van der Waals surface area contributed by atoms with E-state index in [0.29, 0.717) is 6.54 Å². The largest absolute Gasteiger partial charge is 0.480 e. The van der Waals surface area contributed by atoms with Crippen LogP contribution in [0.1, 0.15) is 32.6 Å². The van der Waals surface area contributed by atoms with Crippen molar-refractivity contribution in [2.75, 3.05) is 6.54 Å². The summed E-state index contributed by atoms with van der Waals surface area (Å²) < 4.78 is 0. The van der Waals surface area contributed by atoms with Crippen LogP contribution in [0.4, 0.5) is 4.79 Å². The molecular weight excluding hydrogens is 264 g/mol. The summed E-state index contributed by atoms with van der Waals surface area (Å²) in [6, 6.07) is 3.51. The zero-order valence-corrected chi connectivity index (χ0v) is 12.4. The van der Waals surface area contributed by atoms with Crippen molar-refractivity contribution in [3.8, 4) is 0 Å². The number of urea groups is 1. The molecule has 2 amide bonds. The molecule has 0 aromatic carbocycles. The number of hydrogen-bond acceptors (Lipinski definition) is 3. The zero-order chi connectivity index (χ0) is 14.7. The third-order valence-electron chi connectivity index (χ3n) is 2.84. The average molecular weight is 284 g/mol. The van der Waals surface area contributed by atoms with E-state index < -0.39 is 17.5 Å². The van der Waals surface area contributed by atoms with E-state index in [2.05, 4.69) is 10.6 Å². The van der Waals surface area contributed by atoms with Gasteiger partial charge in [0, 0.05) is 16.8 Å². The number of carbonyl (C=O) groups is 2. The molecule has 0 aliphatic carbocycles. The fourth-order valence-corrected chi connectivity index (χ4v) is 2.29. The Morgan fingerprint density at radius 2 is 1.95 bits per heavy atom. The van der Waals surface area contributed by atoms with E-state index in [1.807, 2.05) is 31.4 Å². The van der Waals surface area contributed by atoms with Crippen LogP contribution in [0.5, 0.6) is 0 Å². The molecule has 1 aromatic heterocycles. The molecule has 1 aromatic rings. The lowest BCUT2D eigenvalue weighted by molar-refractivity contribution is -0.142. The second-order valence-electron chi connectivity index (χ2n) is 5.60. The number of rotatable bonds is 5. The minimum absolute atomic E-state index is 0.182. The maximum absolute atomic E-state index is 11.7. The van der Waals surface area contributed by atoms with Gasteiger partial charge < -0.3 is 15.7 Å². The van der Waals surface area contributed by atoms with E-state index in [4.69, 9.17) is 5.11 Å². The third kappa shape index (κ3) is 4.24. The number of carboxylic acids is 1. The number of hydrogen-bond donors (Lipinski definition) is 3. The SMILES string of the molecule is CC(C)(NC(=O)NCC(C)(C)c1cccs1)C(=O)O. The number of aliphatic carboxylic acids is 1. The molecule has 1 heterocycles. The van der Waals surface area contributed by atoms with Gasteiger partial charge in [-0.2, -0.15) is 0 Å². The van der Waals surface area contributed by atoms with Crippen molar-refractivity contribution in [1.29, 1.82) is 0 Å². The number of carbonyl (C=O) groups excluding carboxylic acids is 1. The maximum Gasteiger partial charge on any atom is 0.328 e. The number of thiophene rings is 1. The van der Waals surface area contributed by atoms with Crippen molar-refractivity contribution in [2.45, 2.75) is 38.6 Å². The van der Waals surface area contributed by atoms with Crippen LogP contribution in [0.3, 0.4) is 0 Å². The molecule has 0 saturated heterocycles. The Morgan fingerprint density at radius 3 is 2.42 bits per heavy atom. The van der Waals surface area contributed by atoms with Crippen LogP contribution in [0.25, 0.3) is 0 Å². The highest BCUT2D eigenvalue weighted by atomic mass is 32.1. The first-order valence-corrected chi connectivity index (χ1v) is 6.86. The van der Waals surface area contributed by atoms with Crippen molar-refractivity contribution >= 4 is 23.3 Å². The molecule has 19 heavy (non-hydrogen) atoms. The third-order valence-corrected chi connectivity index (χ3v) is 4.08. The molecule has 0 radical (unpaired) electrons. The predicted octanol–water partition coefficient (Wildman–Crippen LogP) is 2.19. The molecule has 106 valence electrons. The van der Waals surface area contributed by atoms with Gasteiger partial charge in [0.1, 0.15) is 5.54 Å². The van der Waals surface area contributed by atoms with E-state index >= 15 is 0 Å².